The summed E-state index contributed by atoms with van der Waals surface area (Å²) in [5.41, 5.74) is -1.47. The van der Waals surface area contributed by atoms with E-state index in [9.17, 15) is 34.5 Å². The molecule has 0 spiro atoms. The molecule has 0 bridgehead atoms. The Bertz CT molecular complexity index is 1110. The number of ether oxygens (including phenoxy) is 1. The molecule has 2 aromatic heterocycles. The van der Waals surface area contributed by atoms with Gasteiger partial charge >= 0.3 is 0 Å². The van der Waals surface area contributed by atoms with Crippen LogP contribution in [0, 0.1) is 0 Å². The largest absolute Gasteiger partial charge is 0.394 e. The van der Waals surface area contributed by atoms with Gasteiger partial charge in [-0.3, -0.25) is 23.7 Å². The molecule has 1 fully saturated rings. The highest BCUT2D eigenvalue weighted by molar-refractivity contribution is 5.98. The standard InChI is InChI=1S/C16H19N5O8/c1-6(23)15(28)11(26)9(4-22)29-16(15,7(2)24)20-5-18-10-12(20)19-14(17)21(8(3)25)13(10)27/h5,9,11,22,26,28H,4H2,1-3H3,(H2,17,19)/t9-,11-,15-,16-/m1/s1. The zero-order valence-electron chi connectivity index (χ0n) is 15.7. The number of aromatic nitrogens is 4. The summed E-state index contributed by atoms with van der Waals surface area (Å²) in [4.78, 5) is 57.1. The molecule has 0 radical (unpaired) electrons. The lowest BCUT2D eigenvalue weighted by atomic mass is 9.80. The number of fused-ring (bicyclic) bond motifs is 1. The number of carbonyl (C=O) groups is 3. The molecule has 0 amide bonds. The Morgan fingerprint density at radius 2 is 1.90 bits per heavy atom. The van der Waals surface area contributed by atoms with Crippen molar-refractivity contribution in [1.29, 1.82) is 0 Å². The minimum Gasteiger partial charge on any atom is -0.394 e. The van der Waals surface area contributed by atoms with Gasteiger partial charge in [-0.2, -0.15) is 4.98 Å². The van der Waals surface area contributed by atoms with Crippen LogP contribution in [0.3, 0.4) is 0 Å². The first-order valence-electron chi connectivity index (χ1n) is 8.43. The maximum absolute atomic E-state index is 12.7. The zero-order valence-corrected chi connectivity index (χ0v) is 15.7. The summed E-state index contributed by atoms with van der Waals surface area (Å²) < 4.78 is 6.86. The van der Waals surface area contributed by atoms with E-state index in [1.807, 2.05) is 0 Å². The van der Waals surface area contributed by atoms with E-state index < -0.39 is 64.6 Å². The lowest BCUT2D eigenvalue weighted by Crippen LogP contribution is -2.65. The number of ketones is 2. The van der Waals surface area contributed by atoms with Gasteiger partial charge < -0.3 is 25.8 Å². The molecule has 0 aliphatic carbocycles. The molecule has 4 atom stereocenters. The molecule has 3 heterocycles. The van der Waals surface area contributed by atoms with Gasteiger partial charge in [-0.05, 0) is 13.8 Å². The van der Waals surface area contributed by atoms with Gasteiger partial charge in [0, 0.05) is 6.92 Å². The summed E-state index contributed by atoms with van der Waals surface area (Å²) >= 11 is 0. The summed E-state index contributed by atoms with van der Waals surface area (Å²) in [5.74, 6) is -3.24. The number of Topliss-reactive ketones (excluding diaryl/α,β-unsaturated/α-hetero) is 2. The normalized spacial score (nSPS) is 29.3. The first-order valence-corrected chi connectivity index (χ1v) is 8.43. The molecule has 13 heteroatoms. The van der Waals surface area contributed by atoms with Gasteiger partial charge in [0.15, 0.2) is 22.7 Å². The minimum atomic E-state index is -2.84. The van der Waals surface area contributed by atoms with Crippen molar-refractivity contribution in [1.82, 2.24) is 19.1 Å². The van der Waals surface area contributed by atoms with E-state index in [2.05, 4.69) is 9.97 Å². The van der Waals surface area contributed by atoms with Crippen molar-refractivity contribution in [2.45, 2.75) is 44.3 Å². The van der Waals surface area contributed by atoms with Gasteiger partial charge in [-0.15, -0.1) is 0 Å². The Morgan fingerprint density at radius 3 is 2.38 bits per heavy atom. The van der Waals surface area contributed by atoms with Gasteiger partial charge in [0.05, 0.1) is 6.61 Å². The summed E-state index contributed by atoms with van der Waals surface area (Å²) in [6.45, 7) is 2.15. The Labute approximate surface area is 162 Å². The first kappa shape index (κ1) is 20.7. The van der Waals surface area contributed by atoms with Gasteiger partial charge in [-0.1, -0.05) is 0 Å². The minimum absolute atomic E-state index is 0.370. The smallest absolute Gasteiger partial charge is 0.289 e. The fraction of sp³-hybridized carbons (Fsp3) is 0.500. The quantitative estimate of drug-likeness (QED) is 0.405. The molecule has 1 aliphatic rings. The van der Waals surface area contributed by atoms with E-state index in [0.717, 1.165) is 31.7 Å². The van der Waals surface area contributed by atoms with E-state index >= 15 is 0 Å². The molecule has 156 valence electrons. The van der Waals surface area contributed by atoms with E-state index in [1.165, 1.54) is 0 Å². The van der Waals surface area contributed by atoms with Crippen LogP contribution < -0.4 is 11.3 Å². The van der Waals surface area contributed by atoms with Crippen molar-refractivity contribution >= 4 is 34.6 Å². The van der Waals surface area contributed by atoms with Crippen LogP contribution in [0.4, 0.5) is 5.95 Å². The second-order valence-electron chi connectivity index (χ2n) is 6.72. The van der Waals surface area contributed by atoms with Crippen LogP contribution in [0.2, 0.25) is 0 Å². The number of nitrogens with zero attached hydrogens (tertiary/aromatic N) is 4. The summed E-state index contributed by atoms with van der Waals surface area (Å²) in [5, 5.41) is 31.1. The fourth-order valence-corrected chi connectivity index (χ4v) is 3.69. The third-order valence-corrected chi connectivity index (χ3v) is 5.06. The molecule has 1 aliphatic heterocycles. The average molecular weight is 409 g/mol. The molecule has 3 rings (SSSR count). The van der Waals surface area contributed by atoms with Gasteiger partial charge in [0.25, 0.3) is 5.56 Å². The maximum Gasteiger partial charge on any atom is 0.289 e. The fourth-order valence-electron chi connectivity index (χ4n) is 3.69. The number of nitrogens with two attached hydrogens (primary N) is 1. The second kappa shape index (κ2) is 6.52. The SMILES string of the molecule is CC(=O)n1c(N)nc2c(ncn2[C@]2(C(C)=O)O[C@H](CO)[C@@H](O)[C@]2(O)C(C)=O)c1=O. The Balaban J connectivity index is 2.44. The number of hydrogen-bond donors (Lipinski definition) is 4. The van der Waals surface area contributed by atoms with Crippen LogP contribution in [0.25, 0.3) is 11.2 Å². The van der Waals surface area contributed by atoms with Gasteiger partial charge in [0.1, 0.15) is 18.5 Å². The maximum atomic E-state index is 12.7. The van der Waals surface area contributed by atoms with Gasteiger partial charge in [-0.25, -0.2) is 9.55 Å². The molecule has 29 heavy (non-hydrogen) atoms. The predicted molar refractivity (Wildman–Crippen MR) is 94.8 cm³/mol. The molecule has 13 nitrogen and oxygen atoms in total. The van der Waals surface area contributed by atoms with E-state index in [4.69, 9.17) is 10.5 Å². The predicted octanol–water partition coefficient (Wildman–Crippen LogP) is -2.85. The van der Waals surface area contributed by atoms with E-state index in [1.54, 1.807) is 0 Å². The van der Waals surface area contributed by atoms with Crippen molar-refractivity contribution in [2.24, 2.45) is 0 Å². The summed E-state index contributed by atoms with van der Waals surface area (Å²) in [6.07, 6.45) is -2.61. The average Bonchev–Trinajstić information content (AvgIpc) is 3.14. The summed E-state index contributed by atoms with van der Waals surface area (Å²) in [7, 11) is 0. The van der Waals surface area contributed by atoms with Crippen LogP contribution in [-0.2, 0) is 20.1 Å². The van der Waals surface area contributed by atoms with E-state index in [-0.39, 0.29) is 5.65 Å². The van der Waals surface area contributed by atoms with Crippen molar-refractivity contribution < 1.29 is 34.4 Å². The topological polar surface area (TPSA) is 200 Å². The molecule has 5 N–H and O–H groups in total. The van der Waals surface area contributed by atoms with Crippen molar-refractivity contribution in [3.05, 3.63) is 16.7 Å². The molecule has 0 saturated carbocycles. The number of aliphatic hydroxyl groups excluding tert-OH is 2. The number of rotatable bonds is 4. The zero-order chi connectivity index (χ0) is 21.9. The lowest BCUT2D eigenvalue weighted by Gasteiger charge is -2.38. The molecular formula is C16H19N5O8. The van der Waals surface area contributed by atoms with Crippen LogP contribution in [0.1, 0.15) is 25.6 Å². The Kier molecular flexibility index (Phi) is 4.66. The monoisotopic (exact) mass is 409 g/mol. The highest BCUT2D eigenvalue weighted by atomic mass is 16.6. The van der Waals surface area contributed by atoms with Crippen LogP contribution >= 0.6 is 0 Å². The number of hydrogen-bond acceptors (Lipinski definition) is 11. The van der Waals surface area contributed by atoms with E-state index in [0.29, 0.717) is 4.57 Å². The van der Waals surface area contributed by atoms with Crippen molar-refractivity contribution in [3.63, 3.8) is 0 Å². The number of aliphatic hydroxyl groups is 3. The second-order valence-corrected chi connectivity index (χ2v) is 6.72. The molecule has 0 aromatic carbocycles. The number of anilines is 1. The summed E-state index contributed by atoms with van der Waals surface area (Å²) in [6, 6.07) is 0. The van der Waals surface area contributed by atoms with Crippen LogP contribution in [0.15, 0.2) is 11.1 Å². The van der Waals surface area contributed by atoms with Crippen LogP contribution in [0.5, 0.6) is 0 Å². The van der Waals surface area contributed by atoms with Gasteiger partial charge in [0.2, 0.25) is 23.2 Å². The third-order valence-electron chi connectivity index (χ3n) is 5.06. The Hall–Kier alpha value is -3.00. The number of carbonyl (C=O) groups excluding carboxylic acids is 3. The lowest BCUT2D eigenvalue weighted by molar-refractivity contribution is -0.199. The van der Waals surface area contributed by atoms with Crippen molar-refractivity contribution in [2.75, 3.05) is 12.3 Å². The first-order chi connectivity index (χ1) is 13.4. The molecule has 2 aromatic rings. The Morgan fingerprint density at radius 1 is 1.28 bits per heavy atom. The third kappa shape index (κ3) is 2.42. The van der Waals surface area contributed by atoms with Crippen molar-refractivity contribution in [3.8, 4) is 0 Å². The molecular weight excluding hydrogens is 390 g/mol. The highest BCUT2D eigenvalue weighted by Crippen LogP contribution is 2.46. The number of imidazole rings is 1. The van der Waals surface area contributed by atoms with Crippen LogP contribution in [-0.4, -0.2) is 76.3 Å². The number of nitrogen functional groups attached to an aromatic ring is 1. The molecule has 0 unspecified atom stereocenters. The molecule has 1 saturated heterocycles. The highest BCUT2D eigenvalue weighted by Gasteiger charge is 2.72.